The van der Waals surface area contributed by atoms with Crippen LogP contribution in [0.4, 0.5) is 0 Å². The van der Waals surface area contributed by atoms with E-state index >= 15 is 0 Å². The van der Waals surface area contributed by atoms with E-state index in [0.29, 0.717) is 27.3 Å². The summed E-state index contributed by atoms with van der Waals surface area (Å²) in [6.07, 6.45) is -0.112. The van der Waals surface area contributed by atoms with Crippen molar-refractivity contribution in [3.05, 3.63) is 88.7 Å². The van der Waals surface area contributed by atoms with Gasteiger partial charge < -0.3 is 19.9 Å². The second-order valence-corrected chi connectivity index (χ2v) is 9.96. The van der Waals surface area contributed by atoms with Crippen molar-refractivity contribution in [2.45, 2.75) is 51.9 Å². The fraction of sp³-hybridized carbons (Fsp3) is 0.310. The molecule has 1 aromatic heterocycles. The number of benzene rings is 2. The fourth-order valence-electron chi connectivity index (χ4n) is 3.74. The third-order valence-corrected chi connectivity index (χ3v) is 5.84. The maximum Gasteiger partial charge on any atom is 0.339 e. The van der Waals surface area contributed by atoms with Crippen LogP contribution < -0.4 is 5.32 Å². The maximum atomic E-state index is 13.2. The topological polar surface area (TPSA) is 115 Å². The first-order valence-electron chi connectivity index (χ1n) is 12.2. The average Bonchev–Trinajstić information content (AvgIpc) is 2.88. The number of halogens is 1. The number of aliphatic hydroxyl groups is 1. The highest BCUT2D eigenvalue weighted by atomic mass is 35.5. The van der Waals surface area contributed by atoms with Crippen LogP contribution in [-0.2, 0) is 20.7 Å². The van der Waals surface area contributed by atoms with Gasteiger partial charge in [0.05, 0.1) is 18.2 Å². The molecule has 38 heavy (non-hydrogen) atoms. The Balaban J connectivity index is 1.90. The summed E-state index contributed by atoms with van der Waals surface area (Å²) in [7, 11) is 0. The third-order valence-electron chi connectivity index (χ3n) is 5.47. The van der Waals surface area contributed by atoms with Gasteiger partial charge >= 0.3 is 11.9 Å². The molecule has 0 aliphatic rings. The van der Waals surface area contributed by atoms with Crippen LogP contribution in [0.15, 0.2) is 66.9 Å². The lowest BCUT2D eigenvalue weighted by Crippen LogP contribution is -2.49. The van der Waals surface area contributed by atoms with Gasteiger partial charge in [-0.2, -0.15) is 0 Å². The van der Waals surface area contributed by atoms with E-state index in [1.54, 1.807) is 82.3 Å². The Hall–Kier alpha value is -3.75. The SMILES string of the molecule is CCOC(=O)C(O)C(Cc1ccccc1Cl)NC(=O)c1cc(-c2ccccc2C(=O)OC(C)(C)C)ccn1. The summed E-state index contributed by atoms with van der Waals surface area (Å²) in [4.78, 5) is 42.5. The van der Waals surface area contributed by atoms with Gasteiger partial charge in [-0.1, -0.05) is 48.0 Å². The zero-order valence-corrected chi connectivity index (χ0v) is 22.5. The molecule has 0 bridgehead atoms. The van der Waals surface area contributed by atoms with E-state index in [-0.39, 0.29) is 18.7 Å². The van der Waals surface area contributed by atoms with Gasteiger partial charge in [0.15, 0.2) is 6.10 Å². The van der Waals surface area contributed by atoms with E-state index in [0.717, 1.165) is 0 Å². The molecular weight excluding hydrogens is 508 g/mol. The summed E-state index contributed by atoms with van der Waals surface area (Å²) >= 11 is 6.28. The molecule has 3 aromatic rings. The van der Waals surface area contributed by atoms with Gasteiger partial charge in [-0.25, -0.2) is 9.59 Å². The highest BCUT2D eigenvalue weighted by Gasteiger charge is 2.30. The summed E-state index contributed by atoms with van der Waals surface area (Å²) in [5.74, 6) is -1.98. The Kier molecular flexibility index (Phi) is 9.61. The van der Waals surface area contributed by atoms with Crippen LogP contribution in [0.25, 0.3) is 11.1 Å². The van der Waals surface area contributed by atoms with Crippen molar-refractivity contribution < 1.29 is 29.0 Å². The summed E-state index contributed by atoms with van der Waals surface area (Å²) in [5, 5.41) is 13.8. The van der Waals surface area contributed by atoms with Crippen LogP contribution in [0.1, 0.15) is 54.1 Å². The van der Waals surface area contributed by atoms with Crippen LogP contribution in [0.3, 0.4) is 0 Å². The quantitative estimate of drug-likeness (QED) is 0.382. The number of rotatable bonds is 9. The smallest absolute Gasteiger partial charge is 0.339 e. The van der Waals surface area contributed by atoms with Crippen LogP contribution in [0.5, 0.6) is 0 Å². The number of hydrogen-bond donors (Lipinski definition) is 2. The molecule has 1 heterocycles. The van der Waals surface area contributed by atoms with Gasteiger partial charge in [-0.15, -0.1) is 0 Å². The van der Waals surface area contributed by atoms with Crippen molar-refractivity contribution in [1.82, 2.24) is 10.3 Å². The Morgan fingerprint density at radius 2 is 1.74 bits per heavy atom. The van der Waals surface area contributed by atoms with Crippen molar-refractivity contribution in [2.75, 3.05) is 6.61 Å². The van der Waals surface area contributed by atoms with Gasteiger partial charge in [-0.05, 0) is 75.1 Å². The molecule has 0 saturated carbocycles. The van der Waals surface area contributed by atoms with Gasteiger partial charge in [0.1, 0.15) is 11.3 Å². The van der Waals surface area contributed by atoms with E-state index in [9.17, 15) is 19.5 Å². The van der Waals surface area contributed by atoms with Crippen LogP contribution >= 0.6 is 11.6 Å². The second-order valence-electron chi connectivity index (χ2n) is 9.55. The first-order chi connectivity index (χ1) is 18.0. The Labute approximate surface area is 227 Å². The number of amides is 1. The number of nitrogens with one attached hydrogen (secondary N) is 1. The molecule has 0 saturated heterocycles. The molecule has 2 atom stereocenters. The summed E-state index contributed by atoms with van der Waals surface area (Å²) in [6.45, 7) is 7.05. The highest BCUT2D eigenvalue weighted by Crippen LogP contribution is 2.26. The van der Waals surface area contributed by atoms with Crippen molar-refractivity contribution in [1.29, 1.82) is 0 Å². The average molecular weight is 539 g/mol. The fourth-order valence-corrected chi connectivity index (χ4v) is 3.96. The number of pyridine rings is 1. The predicted octanol–water partition coefficient (Wildman–Crippen LogP) is 4.62. The number of aromatic nitrogens is 1. The zero-order chi connectivity index (χ0) is 27.9. The molecule has 0 radical (unpaired) electrons. The lowest BCUT2D eigenvalue weighted by molar-refractivity contribution is -0.154. The number of carbonyl (C=O) groups is 3. The largest absolute Gasteiger partial charge is 0.464 e. The molecule has 0 spiro atoms. The number of nitrogens with zero attached hydrogens (tertiary/aromatic N) is 1. The van der Waals surface area contributed by atoms with Crippen molar-refractivity contribution >= 4 is 29.4 Å². The van der Waals surface area contributed by atoms with Crippen molar-refractivity contribution in [2.24, 2.45) is 0 Å². The molecular formula is C29H31ClN2O6. The monoisotopic (exact) mass is 538 g/mol. The van der Waals surface area contributed by atoms with Crippen molar-refractivity contribution in [3.8, 4) is 11.1 Å². The standard InChI is InChI=1S/C29H31ClN2O6/c1-5-37-28(36)25(33)23(17-19-10-6-9-13-22(19)30)32-26(34)24-16-18(14-15-31-24)20-11-7-8-12-21(20)27(35)38-29(2,3)4/h6-16,23,25,33H,5,17H2,1-4H3,(H,32,34). The summed E-state index contributed by atoms with van der Waals surface area (Å²) in [5.41, 5.74) is 1.47. The van der Waals surface area contributed by atoms with E-state index in [4.69, 9.17) is 21.1 Å². The molecule has 0 aliphatic heterocycles. The molecule has 8 nitrogen and oxygen atoms in total. The second kappa shape index (κ2) is 12.7. The van der Waals surface area contributed by atoms with E-state index in [2.05, 4.69) is 10.3 Å². The van der Waals surface area contributed by atoms with Gasteiger partial charge in [0, 0.05) is 11.2 Å². The summed E-state index contributed by atoms with van der Waals surface area (Å²) < 4.78 is 10.5. The van der Waals surface area contributed by atoms with Crippen LogP contribution in [0, 0.1) is 0 Å². The molecule has 2 unspecified atom stereocenters. The molecule has 200 valence electrons. The minimum absolute atomic E-state index is 0.0294. The van der Waals surface area contributed by atoms with Crippen molar-refractivity contribution in [3.63, 3.8) is 0 Å². The van der Waals surface area contributed by atoms with Crippen LogP contribution in [-0.4, -0.2) is 52.3 Å². The van der Waals surface area contributed by atoms with Gasteiger partial charge in [0.25, 0.3) is 5.91 Å². The third kappa shape index (κ3) is 7.63. The molecule has 1 amide bonds. The number of ether oxygens (including phenoxy) is 2. The molecule has 9 heteroatoms. The van der Waals surface area contributed by atoms with Gasteiger partial charge in [0.2, 0.25) is 0 Å². The molecule has 2 N–H and O–H groups in total. The number of carbonyl (C=O) groups excluding carboxylic acids is 3. The molecule has 0 aliphatic carbocycles. The maximum absolute atomic E-state index is 13.2. The first-order valence-corrected chi connectivity index (χ1v) is 12.6. The first kappa shape index (κ1) is 28.8. The number of hydrogen-bond acceptors (Lipinski definition) is 7. The minimum Gasteiger partial charge on any atom is -0.464 e. The van der Waals surface area contributed by atoms with Gasteiger partial charge in [-0.3, -0.25) is 9.78 Å². The van der Waals surface area contributed by atoms with E-state index in [1.807, 2.05) is 0 Å². The predicted molar refractivity (Wildman–Crippen MR) is 144 cm³/mol. The number of aliphatic hydroxyl groups excluding tert-OH is 1. The highest BCUT2D eigenvalue weighted by molar-refractivity contribution is 6.31. The zero-order valence-electron chi connectivity index (χ0n) is 21.7. The van der Waals surface area contributed by atoms with Crippen LogP contribution in [0.2, 0.25) is 5.02 Å². The molecule has 2 aromatic carbocycles. The number of esters is 2. The minimum atomic E-state index is -1.63. The van der Waals surface area contributed by atoms with E-state index < -0.39 is 35.6 Å². The lowest BCUT2D eigenvalue weighted by Gasteiger charge is -2.23. The Bertz CT molecular complexity index is 1300. The normalized spacial score (nSPS) is 12.8. The Morgan fingerprint density at radius 3 is 2.42 bits per heavy atom. The summed E-state index contributed by atoms with van der Waals surface area (Å²) in [6, 6.07) is 16.0. The molecule has 0 fully saturated rings. The Morgan fingerprint density at radius 1 is 1.05 bits per heavy atom. The molecule has 3 rings (SSSR count). The van der Waals surface area contributed by atoms with E-state index in [1.165, 1.54) is 12.3 Å². The lowest BCUT2D eigenvalue weighted by atomic mass is 9.99.